The van der Waals surface area contributed by atoms with Gasteiger partial charge < -0.3 is 14.5 Å². The molecule has 1 aromatic heterocycles. The average Bonchev–Trinajstić information content (AvgIpc) is 2.97. The molecule has 0 aromatic carbocycles. The van der Waals surface area contributed by atoms with E-state index in [4.69, 9.17) is 4.74 Å². The molecule has 0 saturated carbocycles. The van der Waals surface area contributed by atoms with E-state index in [0.29, 0.717) is 5.92 Å². The quantitative estimate of drug-likeness (QED) is 0.842. The van der Waals surface area contributed by atoms with Crippen LogP contribution >= 0.6 is 0 Å². The van der Waals surface area contributed by atoms with Crippen molar-refractivity contribution in [3.05, 3.63) is 30.1 Å². The summed E-state index contributed by atoms with van der Waals surface area (Å²) < 4.78 is 5.70. The minimum absolute atomic E-state index is 0.109. The molecule has 1 aromatic rings. The van der Waals surface area contributed by atoms with Gasteiger partial charge in [-0.2, -0.15) is 0 Å². The summed E-state index contributed by atoms with van der Waals surface area (Å²) >= 11 is 0. The molecule has 2 saturated heterocycles. The van der Waals surface area contributed by atoms with Gasteiger partial charge >= 0.3 is 6.03 Å². The maximum atomic E-state index is 12.5. The smallest absolute Gasteiger partial charge is 0.319 e. The van der Waals surface area contributed by atoms with Crippen molar-refractivity contribution in [3.8, 4) is 0 Å². The predicted octanol–water partition coefficient (Wildman–Crippen LogP) is 1.28. The van der Waals surface area contributed by atoms with Crippen LogP contribution in [0.25, 0.3) is 0 Å². The number of piperidine rings is 1. The maximum Gasteiger partial charge on any atom is 0.319 e. The van der Waals surface area contributed by atoms with Crippen molar-refractivity contribution in [1.82, 2.24) is 19.7 Å². The summed E-state index contributed by atoms with van der Waals surface area (Å²) in [5.41, 5.74) is 1.21. The van der Waals surface area contributed by atoms with Gasteiger partial charge in [0.1, 0.15) is 0 Å². The average molecular weight is 318 g/mol. The summed E-state index contributed by atoms with van der Waals surface area (Å²) in [5, 5.41) is 0. The van der Waals surface area contributed by atoms with Gasteiger partial charge in [-0.3, -0.25) is 9.88 Å². The Morgan fingerprint density at radius 1 is 1.43 bits per heavy atom. The first-order chi connectivity index (χ1) is 11.1. The number of carbonyl (C=O) groups excluding carboxylic acids is 1. The second kappa shape index (κ2) is 6.84. The van der Waals surface area contributed by atoms with Crippen molar-refractivity contribution in [3.63, 3.8) is 0 Å². The number of urea groups is 1. The summed E-state index contributed by atoms with van der Waals surface area (Å²) in [6, 6.07) is 4.42. The van der Waals surface area contributed by atoms with Crippen LogP contribution in [0.15, 0.2) is 24.5 Å². The lowest BCUT2D eigenvalue weighted by molar-refractivity contribution is -0.0116. The van der Waals surface area contributed by atoms with Crippen molar-refractivity contribution < 1.29 is 9.53 Å². The monoisotopic (exact) mass is 318 g/mol. The van der Waals surface area contributed by atoms with Crippen molar-refractivity contribution in [2.75, 3.05) is 40.8 Å². The molecular formula is C17H26N4O2. The van der Waals surface area contributed by atoms with E-state index in [2.05, 4.69) is 16.0 Å². The Hall–Kier alpha value is -1.66. The number of amides is 2. The highest BCUT2D eigenvalue weighted by molar-refractivity contribution is 5.74. The molecule has 0 radical (unpaired) electrons. The third kappa shape index (κ3) is 3.33. The summed E-state index contributed by atoms with van der Waals surface area (Å²) in [6.45, 7) is 3.52. The fourth-order valence-electron chi connectivity index (χ4n) is 3.90. The lowest BCUT2D eigenvalue weighted by atomic mass is 9.89. The van der Waals surface area contributed by atoms with Crippen LogP contribution in [-0.2, 0) is 11.3 Å². The SMILES string of the molecule is CO[C@H]1CCN(C(=O)N(C)C)[C@@H]2CN(Cc3cccnc3)C[C@H]12. The highest BCUT2D eigenvalue weighted by Crippen LogP contribution is 2.33. The minimum atomic E-state index is 0.109. The van der Waals surface area contributed by atoms with Crippen LogP contribution in [0.5, 0.6) is 0 Å². The second-order valence-electron chi connectivity index (χ2n) is 6.72. The molecule has 6 nitrogen and oxygen atoms in total. The Labute approximate surface area is 138 Å². The van der Waals surface area contributed by atoms with Crippen molar-refractivity contribution in [2.24, 2.45) is 5.92 Å². The Kier molecular flexibility index (Phi) is 4.82. The van der Waals surface area contributed by atoms with E-state index in [1.807, 2.05) is 31.3 Å². The number of hydrogen-bond acceptors (Lipinski definition) is 4. The van der Waals surface area contributed by atoms with E-state index in [-0.39, 0.29) is 18.2 Å². The van der Waals surface area contributed by atoms with Crippen LogP contribution in [0.2, 0.25) is 0 Å². The Morgan fingerprint density at radius 3 is 2.91 bits per heavy atom. The predicted molar refractivity (Wildman–Crippen MR) is 88.0 cm³/mol. The van der Waals surface area contributed by atoms with Gasteiger partial charge in [-0.1, -0.05) is 6.07 Å². The fraction of sp³-hybridized carbons (Fsp3) is 0.647. The van der Waals surface area contributed by atoms with Crippen LogP contribution in [0.4, 0.5) is 4.79 Å². The number of ether oxygens (including phenoxy) is 1. The molecule has 0 N–H and O–H groups in total. The molecule has 0 aliphatic carbocycles. The topological polar surface area (TPSA) is 48.9 Å². The number of nitrogens with zero attached hydrogens (tertiary/aromatic N) is 4. The van der Waals surface area contributed by atoms with Gasteiger partial charge in [0.05, 0.1) is 12.1 Å². The number of hydrogen-bond donors (Lipinski definition) is 0. The number of likely N-dealkylation sites (tertiary alicyclic amines) is 2. The minimum Gasteiger partial charge on any atom is -0.381 e. The van der Waals surface area contributed by atoms with Crippen molar-refractivity contribution >= 4 is 6.03 Å². The molecule has 2 aliphatic heterocycles. The van der Waals surface area contributed by atoms with Gasteiger partial charge in [0, 0.05) is 65.7 Å². The number of pyridine rings is 1. The van der Waals surface area contributed by atoms with E-state index in [0.717, 1.165) is 32.6 Å². The Bertz CT molecular complexity index is 537. The molecule has 2 fully saturated rings. The fourth-order valence-corrected chi connectivity index (χ4v) is 3.90. The van der Waals surface area contributed by atoms with Gasteiger partial charge in [-0.15, -0.1) is 0 Å². The number of aromatic nitrogens is 1. The number of methoxy groups -OCH3 is 1. The lowest BCUT2D eigenvalue weighted by Gasteiger charge is -2.42. The molecule has 0 spiro atoms. The summed E-state index contributed by atoms with van der Waals surface area (Å²) in [7, 11) is 5.43. The highest BCUT2D eigenvalue weighted by Gasteiger charge is 2.46. The Morgan fingerprint density at radius 2 is 2.26 bits per heavy atom. The number of fused-ring (bicyclic) bond motifs is 1. The van der Waals surface area contributed by atoms with Crippen LogP contribution in [0.1, 0.15) is 12.0 Å². The first-order valence-electron chi connectivity index (χ1n) is 8.22. The molecule has 3 atom stereocenters. The molecule has 6 heteroatoms. The van der Waals surface area contributed by atoms with Crippen LogP contribution in [-0.4, -0.2) is 78.7 Å². The third-order valence-electron chi connectivity index (χ3n) is 5.00. The molecule has 3 heterocycles. The van der Waals surface area contributed by atoms with E-state index >= 15 is 0 Å². The molecule has 2 amide bonds. The molecule has 126 valence electrons. The zero-order chi connectivity index (χ0) is 16.4. The zero-order valence-electron chi connectivity index (χ0n) is 14.2. The highest BCUT2D eigenvalue weighted by atomic mass is 16.5. The van der Waals surface area contributed by atoms with Gasteiger partial charge in [-0.25, -0.2) is 4.79 Å². The second-order valence-corrected chi connectivity index (χ2v) is 6.72. The van der Waals surface area contributed by atoms with Gasteiger partial charge in [-0.05, 0) is 18.1 Å². The molecule has 2 aliphatic rings. The summed E-state index contributed by atoms with van der Waals surface area (Å²) in [4.78, 5) is 22.8. The zero-order valence-corrected chi connectivity index (χ0v) is 14.2. The van der Waals surface area contributed by atoms with Crippen molar-refractivity contribution in [2.45, 2.75) is 25.1 Å². The third-order valence-corrected chi connectivity index (χ3v) is 5.00. The van der Waals surface area contributed by atoms with E-state index in [9.17, 15) is 4.79 Å². The summed E-state index contributed by atoms with van der Waals surface area (Å²) in [5.74, 6) is 0.384. The number of carbonyl (C=O) groups is 1. The first-order valence-corrected chi connectivity index (χ1v) is 8.22. The number of rotatable bonds is 3. The summed E-state index contributed by atoms with van der Waals surface area (Å²) in [6.07, 6.45) is 4.87. The molecular weight excluding hydrogens is 292 g/mol. The lowest BCUT2D eigenvalue weighted by Crippen LogP contribution is -2.55. The standard InChI is InChI=1S/C17H26N4O2/c1-19(2)17(22)21-8-6-16(23-3)14-11-20(12-15(14)21)10-13-5-4-7-18-9-13/h4-5,7,9,14-16H,6,8,10-12H2,1-3H3/t14-,15+,16-/m0/s1. The molecule has 23 heavy (non-hydrogen) atoms. The first kappa shape index (κ1) is 16.2. The largest absolute Gasteiger partial charge is 0.381 e. The van der Waals surface area contributed by atoms with E-state index < -0.39 is 0 Å². The van der Waals surface area contributed by atoms with E-state index in [1.54, 1.807) is 18.2 Å². The maximum absolute atomic E-state index is 12.5. The van der Waals surface area contributed by atoms with Gasteiger partial charge in [0.2, 0.25) is 0 Å². The van der Waals surface area contributed by atoms with Gasteiger partial charge in [0.25, 0.3) is 0 Å². The van der Waals surface area contributed by atoms with Crippen LogP contribution in [0, 0.1) is 5.92 Å². The molecule has 0 unspecified atom stereocenters. The van der Waals surface area contributed by atoms with Gasteiger partial charge in [0.15, 0.2) is 0 Å². The van der Waals surface area contributed by atoms with Crippen LogP contribution in [0.3, 0.4) is 0 Å². The van der Waals surface area contributed by atoms with Crippen LogP contribution < -0.4 is 0 Å². The van der Waals surface area contributed by atoms with Crippen molar-refractivity contribution in [1.29, 1.82) is 0 Å². The Balaban J connectivity index is 1.73. The van der Waals surface area contributed by atoms with E-state index in [1.165, 1.54) is 5.56 Å². The molecule has 3 rings (SSSR count). The normalized spacial score (nSPS) is 27.8. The molecule has 0 bridgehead atoms.